The second-order valence-electron chi connectivity index (χ2n) is 8.94. The average Bonchev–Trinajstić information content (AvgIpc) is 2.73. The Kier molecular flexibility index (Phi) is 10.2. The summed E-state index contributed by atoms with van der Waals surface area (Å²) in [6, 6.07) is 12.4. The molecule has 0 fully saturated rings. The fourth-order valence-corrected chi connectivity index (χ4v) is 2.91. The number of methoxy groups -OCH3 is 2. The van der Waals surface area contributed by atoms with Crippen LogP contribution in [0, 0.1) is 0 Å². The van der Waals surface area contributed by atoms with Gasteiger partial charge in [-0.2, -0.15) is 0 Å². The number of fused-ring (bicyclic) bond motifs is 1. The molecular weight excluding hydrogens is 410 g/mol. The van der Waals surface area contributed by atoms with E-state index in [1.165, 1.54) is 7.11 Å². The molecule has 8 nitrogen and oxygen atoms in total. The third-order valence-corrected chi connectivity index (χ3v) is 5.20. The normalized spacial score (nSPS) is 13.6. The van der Waals surface area contributed by atoms with Crippen molar-refractivity contribution in [1.82, 2.24) is 0 Å². The highest BCUT2D eigenvalue weighted by atomic mass is 16.5. The molecule has 1 amide bonds. The monoisotopic (exact) mass is 447 g/mol. The van der Waals surface area contributed by atoms with Gasteiger partial charge >= 0.3 is 5.97 Å². The summed E-state index contributed by atoms with van der Waals surface area (Å²) in [5, 5.41) is 13.5. The van der Waals surface area contributed by atoms with Crippen LogP contribution in [0.1, 0.15) is 40.5 Å². The summed E-state index contributed by atoms with van der Waals surface area (Å²) in [6.07, 6.45) is 0.780. The van der Waals surface area contributed by atoms with E-state index in [9.17, 15) is 9.59 Å². The molecule has 0 saturated carbocycles. The van der Waals surface area contributed by atoms with Crippen LogP contribution in [0.15, 0.2) is 42.5 Å². The van der Waals surface area contributed by atoms with Gasteiger partial charge in [0, 0.05) is 26.3 Å². The standard InChI is InChI=1S/C17H22N2O2.C7H15NO3/c1-17(2,21-3)11-15(18)16(20)19-14-9-8-12-6-4-5-7-13(12)10-14;1-7(2,11-3)4-5(8)6(9)10/h4-10,15H,11,18H2,1-3H3,(H,19,20);5H,4,8H2,1-3H3,(H,9,10)/t15-;5-/m00/s1. The molecule has 2 aromatic rings. The van der Waals surface area contributed by atoms with E-state index in [2.05, 4.69) is 5.32 Å². The zero-order valence-corrected chi connectivity index (χ0v) is 19.8. The fourth-order valence-electron chi connectivity index (χ4n) is 2.91. The molecule has 0 aliphatic carbocycles. The highest BCUT2D eigenvalue weighted by molar-refractivity contribution is 5.97. The number of amides is 1. The smallest absolute Gasteiger partial charge is 0.320 e. The Morgan fingerprint density at radius 1 is 0.906 bits per heavy atom. The van der Waals surface area contributed by atoms with E-state index in [0.717, 1.165) is 16.5 Å². The molecular formula is C24H37N3O5. The zero-order valence-electron chi connectivity index (χ0n) is 19.8. The van der Waals surface area contributed by atoms with Gasteiger partial charge in [0.1, 0.15) is 6.04 Å². The van der Waals surface area contributed by atoms with Crippen LogP contribution in [0.25, 0.3) is 10.8 Å². The number of carboxylic acids is 1. The number of carbonyl (C=O) groups excluding carboxylic acids is 1. The van der Waals surface area contributed by atoms with Crippen molar-refractivity contribution in [3.05, 3.63) is 42.5 Å². The quantitative estimate of drug-likeness (QED) is 0.463. The summed E-state index contributed by atoms with van der Waals surface area (Å²) < 4.78 is 10.3. The van der Waals surface area contributed by atoms with Crippen LogP contribution >= 0.6 is 0 Å². The van der Waals surface area contributed by atoms with Gasteiger partial charge in [0.25, 0.3) is 0 Å². The third kappa shape index (κ3) is 9.32. The molecule has 2 rings (SSSR count). The second kappa shape index (κ2) is 11.9. The predicted octanol–water partition coefficient (Wildman–Crippen LogP) is 3.13. The lowest BCUT2D eigenvalue weighted by Gasteiger charge is -2.25. The maximum absolute atomic E-state index is 12.2. The van der Waals surface area contributed by atoms with Crippen molar-refractivity contribution in [2.24, 2.45) is 11.5 Å². The van der Waals surface area contributed by atoms with Gasteiger partial charge in [-0.15, -0.1) is 0 Å². The molecule has 0 aromatic heterocycles. The molecule has 0 spiro atoms. The van der Waals surface area contributed by atoms with Crippen LogP contribution in [0.4, 0.5) is 5.69 Å². The molecule has 2 atom stereocenters. The number of carboxylic acid groups (broad SMARTS) is 1. The molecule has 0 aliphatic heterocycles. The number of rotatable bonds is 9. The zero-order chi connectivity index (χ0) is 24.5. The summed E-state index contributed by atoms with van der Waals surface area (Å²) in [6.45, 7) is 7.43. The maximum Gasteiger partial charge on any atom is 0.320 e. The minimum atomic E-state index is -0.991. The molecule has 0 unspecified atom stereocenters. The first-order valence-corrected chi connectivity index (χ1v) is 10.4. The molecule has 6 N–H and O–H groups in total. The number of hydrogen-bond acceptors (Lipinski definition) is 6. The van der Waals surface area contributed by atoms with Gasteiger partial charge in [-0.3, -0.25) is 9.59 Å². The molecule has 0 radical (unpaired) electrons. The maximum atomic E-state index is 12.2. The average molecular weight is 448 g/mol. The Morgan fingerprint density at radius 2 is 1.41 bits per heavy atom. The summed E-state index contributed by atoms with van der Waals surface area (Å²) in [5.41, 5.74) is 11.1. The van der Waals surface area contributed by atoms with Crippen LogP contribution in [0.5, 0.6) is 0 Å². The van der Waals surface area contributed by atoms with Gasteiger partial charge in [0.05, 0.1) is 17.2 Å². The molecule has 8 heteroatoms. The number of aliphatic carboxylic acids is 1. The van der Waals surface area contributed by atoms with Crippen LogP contribution in [0.2, 0.25) is 0 Å². The van der Waals surface area contributed by atoms with E-state index in [1.807, 2.05) is 56.3 Å². The summed E-state index contributed by atoms with van der Waals surface area (Å²) in [5.74, 6) is -1.19. The van der Waals surface area contributed by atoms with Crippen molar-refractivity contribution < 1.29 is 24.2 Å². The van der Waals surface area contributed by atoms with Crippen molar-refractivity contribution in [2.75, 3.05) is 19.5 Å². The summed E-state index contributed by atoms with van der Waals surface area (Å²) in [7, 11) is 3.16. The highest BCUT2D eigenvalue weighted by Crippen LogP contribution is 2.20. The van der Waals surface area contributed by atoms with Gasteiger partial charge in [-0.25, -0.2) is 0 Å². The van der Waals surface area contributed by atoms with Crippen molar-refractivity contribution in [1.29, 1.82) is 0 Å². The number of nitrogens with two attached hydrogens (primary N) is 2. The lowest BCUT2D eigenvalue weighted by molar-refractivity contribution is -0.140. The summed E-state index contributed by atoms with van der Waals surface area (Å²) >= 11 is 0. The van der Waals surface area contributed by atoms with Crippen molar-refractivity contribution >= 4 is 28.3 Å². The van der Waals surface area contributed by atoms with Gasteiger partial charge < -0.3 is 31.4 Å². The highest BCUT2D eigenvalue weighted by Gasteiger charge is 2.25. The van der Waals surface area contributed by atoms with Crippen molar-refractivity contribution in [2.45, 2.75) is 63.8 Å². The molecule has 32 heavy (non-hydrogen) atoms. The number of hydrogen-bond donors (Lipinski definition) is 4. The van der Waals surface area contributed by atoms with E-state index < -0.39 is 29.3 Å². The largest absolute Gasteiger partial charge is 0.480 e. The molecule has 0 saturated heterocycles. The Hall–Kier alpha value is -2.52. The Morgan fingerprint density at radius 3 is 1.91 bits per heavy atom. The molecule has 2 aromatic carbocycles. The first-order valence-electron chi connectivity index (χ1n) is 10.4. The third-order valence-electron chi connectivity index (χ3n) is 5.20. The van der Waals surface area contributed by atoms with E-state index in [4.69, 9.17) is 26.0 Å². The number of carbonyl (C=O) groups is 2. The van der Waals surface area contributed by atoms with Gasteiger partial charge in [0.15, 0.2) is 0 Å². The topological polar surface area (TPSA) is 137 Å². The van der Waals surface area contributed by atoms with Crippen LogP contribution in [-0.2, 0) is 19.1 Å². The van der Waals surface area contributed by atoms with Crippen molar-refractivity contribution in [3.63, 3.8) is 0 Å². The number of anilines is 1. The molecule has 178 valence electrons. The number of benzene rings is 2. The van der Waals surface area contributed by atoms with Gasteiger partial charge in [0.2, 0.25) is 5.91 Å². The first kappa shape index (κ1) is 27.5. The summed E-state index contributed by atoms with van der Waals surface area (Å²) in [4.78, 5) is 22.5. The fraction of sp³-hybridized carbons (Fsp3) is 0.500. The Bertz CT molecular complexity index is 898. The van der Waals surface area contributed by atoms with E-state index >= 15 is 0 Å². The number of ether oxygens (including phenoxy) is 2. The van der Waals surface area contributed by atoms with E-state index in [1.54, 1.807) is 21.0 Å². The Labute approximate surface area is 190 Å². The first-order chi connectivity index (χ1) is 14.8. The van der Waals surface area contributed by atoms with Crippen LogP contribution in [0.3, 0.4) is 0 Å². The Balaban J connectivity index is 0.000000396. The SMILES string of the molecule is COC(C)(C)C[C@H](N)C(=O)Nc1ccc2ccccc2c1.COC(C)(C)C[C@H](N)C(=O)O. The van der Waals surface area contributed by atoms with E-state index in [-0.39, 0.29) is 5.91 Å². The van der Waals surface area contributed by atoms with Gasteiger partial charge in [-0.05, 0) is 57.0 Å². The van der Waals surface area contributed by atoms with E-state index in [0.29, 0.717) is 12.8 Å². The lowest BCUT2D eigenvalue weighted by atomic mass is 9.99. The number of nitrogens with one attached hydrogen (secondary N) is 1. The second-order valence-corrected chi connectivity index (χ2v) is 8.94. The molecule has 0 aliphatic rings. The van der Waals surface area contributed by atoms with Crippen LogP contribution in [-0.4, -0.2) is 54.5 Å². The molecule has 0 bridgehead atoms. The predicted molar refractivity (Wildman–Crippen MR) is 128 cm³/mol. The minimum Gasteiger partial charge on any atom is -0.480 e. The lowest BCUT2D eigenvalue weighted by Crippen LogP contribution is -2.42. The van der Waals surface area contributed by atoms with Crippen LogP contribution < -0.4 is 16.8 Å². The molecule has 0 heterocycles. The van der Waals surface area contributed by atoms with Gasteiger partial charge in [-0.1, -0.05) is 30.3 Å². The minimum absolute atomic E-state index is 0.199. The van der Waals surface area contributed by atoms with Crippen molar-refractivity contribution in [3.8, 4) is 0 Å².